The van der Waals surface area contributed by atoms with Crippen LogP contribution in [0.4, 0.5) is 16.4 Å². The first-order valence-corrected chi connectivity index (χ1v) is 10.5. The molecule has 0 saturated heterocycles. The van der Waals surface area contributed by atoms with E-state index in [2.05, 4.69) is 14.9 Å². The van der Waals surface area contributed by atoms with Crippen molar-refractivity contribution in [3.63, 3.8) is 0 Å². The normalized spacial score (nSPS) is 15.0. The molecule has 29 heavy (non-hydrogen) atoms. The number of anilines is 2. The Morgan fingerprint density at radius 1 is 1.07 bits per heavy atom. The van der Waals surface area contributed by atoms with Gasteiger partial charge in [0.2, 0.25) is 5.96 Å². The molecule has 0 fully saturated rings. The van der Waals surface area contributed by atoms with Gasteiger partial charge in [0.05, 0.1) is 21.7 Å². The van der Waals surface area contributed by atoms with E-state index in [1.54, 1.807) is 29.2 Å². The number of rotatable bonds is 4. The molecule has 1 aliphatic heterocycles. The first-order chi connectivity index (χ1) is 14.0. The monoisotopic (exact) mass is 427 g/mol. The Bertz CT molecular complexity index is 1240. The van der Waals surface area contributed by atoms with Gasteiger partial charge in [0.15, 0.2) is 0 Å². The van der Waals surface area contributed by atoms with Crippen molar-refractivity contribution in [1.82, 2.24) is 5.43 Å². The molecule has 2 heterocycles. The van der Waals surface area contributed by atoms with Crippen LogP contribution in [0, 0.1) is 10.1 Å². The van der Waals surface area contributed by atoms with Gasteiger partial charge in [-0.3, -0.25) is 15.0 Å². The number of hydrogen-bond donors (Lipinski definition) is 1. The van der Waals surface area contributed by atoms with Gasteiger partial charge in [0.25, 0.3) is 10.0 Å². The van der Waals surface area contributed by atoms with E-state index in [0.29, 0.717) is 16.3 Å². The molecule has 1 N–H and O–H groups in total. The summed E-state index contributed by atoms with van der Waals surface area (Å²) in [7, 11) is -3.91. The highest BCUT2D eigenvalue weighted by Gasteiger charge is 2.31. The van der Waals surface area contributed by atoms with Crippen molar-refractivity contribution in [3.8, 4) is 0 Å². The van der Waals surface area contributed by atoms with Gasteiger partial charge >= 0.3 is 5.00 Å². The number of nitrogens with one attached hydrogen (secondary N) is 1. The lowest BCUT2D eigenvalue weighted by Crippen LogP contribution is -2.39. The second-order valence-electron chi connectivity index (χ2n) is 5.83. The molecule has 0 amide bonds. The Balaban J connectivity index is 1.71. The predicted octanol–water partition coefficient (Wildman–Crippen LogP) is 3.48. The van der Waals surface area contributed by atoms with Crippen molar-refractivity contribution in [2.75, 3.05) is 4.90 Å². The smallest absolute Gasteiger partial charge is 0.278 e. The average Bonchev–Trinajstić information content (AvgIpc) is 3.18. The van der Waals surface area contributed by atoms with Crippen LogP contribution in [0.5, 0.6) is 0 Å². The zero-order valence-corrected chi connectivity index (χ0v) is 16.3. The summed E-state index contributed by atoms with van der Waals surface area (Å²) < 4.78 is 29.0. The summed E-state index contributed by atoms with van der Waals surface area (Å²) in [6.07, 6.45) is 1.37. The Morgan fingerprint density at radius 2 is 1.79 bits per heavy atom. The number of hydrogen-bond acceptors (Lipinski definition) is 8. The number of nitro groups is 1. The molecule has 146 valence electrons. The Kier molecular flexibility index (Phi) is 4.82. The molecule has 11 heteroatoms. The largest absolute Gasteiger partial charge is 0.324 e. The zero-order chi connectivity index (χ0) is 20.4. The summed E-state index contributed by atoms with van der Waals surface area (Å²) in [5.41, 5.74) is 3.80. The quantitative estimate of drug-likeness (QED) is 0.387. The summed E-state index contributed by atoms with van der Waals surface area (Å²) in [5.74, 6) is -0.00259. The van der Waals surface area contributed by atoms with Crippen molar-refractivity contribution in [3.05, 3.63) is 81.7 Å². The van der Waals surface area contributed by atoms with E-state index in [1.807, 2.05) is 30.3 Å². The molecule has 0 bridgehead atoms. The number of sulfonamides is 1. The maximum absolute atomic E-state index is 12.6. The van der Waals surface area contributed by atoms with Crippen LogP contribution in [0.1, 0.15) is 4.88 Å². The van der Waals surface area contributed by atoms with Gasteiger partial charge in [-0.1, -0.05) is 41.7 Å². The lowest BCUT2D eigenvalue weighted by atomic mass is 10.2. The van der Waals surface area contributed by atoms with Gasteiger partial charge < -0.3 is 0 Å². The van der Waals surface area contributed by atoms with E-state index in [4.69, 9.17) is 0 Å². The van der Waals surface area contributed by atoms with Gasteiger partial charge in [-0.15, -0.1) is 4.40 Å². The summed E-state index contributed by atoms with van der Waals surface area (Å²) >= 11 is 0.953. The molecule has 0 radical (unpaired) electrons. The van der Waals surface area contributed by atoms with Crippen molar-refractivity contribution >= 4 is 49.9 Å². The molecule has 1 aliphatic rings. The van der Waals surface area contributed by atoms with Crippen LogP contribution in [-0.2, 0) is 10.0 Å². The maximum Gasteiger partial charge on any atom is 0.324 e. The number of thiophene rings is 1. The Morgan fingerprint density at radius 3 is 2.52 bits per heavy atom. The molecule has 0 aliphatic carbocycles. The molecule has 3 aromatic rings. The second kappa shape index (κ2) is 7.45. The van der Waals surface area contributed by atoms with Gasteiger partial charge in [-0.05, 0) is 30.3 Å². The van der Waals surface area contributed by atoms with Gasteiger partial charge in [0.1, 0.15) is 4.90 Å². The number of fused-ring (bicyclic) bond motifs is 1. The Labute approximate surface area is 169 Å². The number of guanidine groups is 1. The average molecular weight is 427 g/mol. The van der Waals surface area contributed by atoms with Crippen LogP contribution in [0.3, 0.4) is 0 Å². The fourth-order valence-corrected chi connectivity index (χ4v) is 4.57. The van der Waals surface area contributed by atoms with Gasteiger partial charge in [0, 0.05) is 11.8 Å². The van der Waals surface area contributed by atoms with E-state index in [1.165, 1.54) is 18.3 Å². The minimum atomic E-state index is -3.91. The summed E-state index contributed by atoms with van der Waals surface area (Å²) in [5, 5.41) is 14.8. The highest BCUT2D eigenvalue weighted by molar-refractivity contribution is 7.90. The van der Waals surface area contributed by atoms with Crippen LogP contribution in [0.25, 0.3) is 0 Å². The van der Waals surface area contributed by atoms with Crippen molar-refractivity contribution in [1.29, 1.82) is 0 Å². The van der Waals surface area contributed by atoms with E-state index >= 15 is 0 Å². The number of nitrogens with zero attached hydrogens (tertiary/aromatic N) is 4. The van der Waals surface area contributed by atoms with E-state index in [-0.39, 0.29) is 15.9 Å². The minimum Gasteiger partial charge on any atom is -0.278 e. The molecule has 4 rings (SSSR count). The lowest BCUT2D eigenvalue weighted by molar-refractivity contribution is -0.380. The standard InChI is InChI=1S/C18H13N5O4S2/c24-23(25)17-11-10-14(28-17)12-19-20-18-21-29(26,27)16-9-5-4-8-15(16)22(18)13-6-2-1-3-7-13/h1-12H,(H,20,21)/b19-12-. The summed E-state index contributed by atoms with van der Waals surface area (Å²) in [4.78, 5) is 12.6. The topological polar surface area (TPSA) is 117 Å². The fourth-order valence-electron chi connectivity index (χ4n) is 2.75. The van der Waals surface area contributed by atoms with Crippen LogP contribution < -0.4 is 10.3 Å². The molecule has 0 spiro atoms. The zero-order valence-electron chi connectivity index (χ0n) is 14.7. The maximum atomic E-state index is 12.6. The second-order valence-corrected chi connectivity index (χ2v) is 8.50. The van der Waals surface area contributed by atoms with Crippen LogP contribution in [0.2, 0.25) is 0 Å². The van der Waals surface area contributed by atoms with Crippen molar-refractivity contribution < 1.29 is 13.3 Å². The molecule has 0 saturated carbocycles. The fraction of sp³-hybridized carbons (Fsp3) is 0. The first-order valence-electron chi connectivity index (χ1n) is 8.28. The lowest BCUT2D eigenvalue weighted by Gasteiger charge is -2.29. The SMILES string of the molecule is O=[N+]([O-])c1ccc(/C=N\NC2=NS(=O)(=O)c3ccccc3N2c2ccccc2)s1. The molecule has 2 aromatic carbocycles. The van der Waals surface area contributed by atoms with Crippen LogP contribution in [0.15, 0.2) is 81.1 Å². The summed E-state index contributed by atoms with van der Waals surface area (Å²) in [6, 6.07) is 18.6. The Hall–Kier alpha value is -3.57. The van der Waals surface area contributed by atoms with Crippen LogP contribution in [-0.4, -0.2) is 25.5 Å². The van der Waals surface area contributed by atoms with Gasteiger partial charge in [-0.25, -0.2) is 5.43 Å². The molecule has 0 unspecified atom stereocenters. The van der Waals surface area contributed by atoms with E-state index < -0.39 is 14.9 Å². The van der Waals surface area contributed by atoms with Crippen LogP contribution >= 0.6 is 11.3 Å². The molecular formula is C18H13N5O4S2. The molecule has 1 aromatic heterocycles. The highest BCUT2D eigenvalue weighted by Crippen LogP contribution is 2.35. The predicted molar refractivity (Wildman–Crippen MR) is 111 cm³/mol. The first kappa shape index (κ1) is 18.8. The van der Waals surface area contributed by atoms with E-state index in [9.17, 15) is 18.5 Å². The number of para-hydroxylation sites is 2. The van der Waals surface area contributed by atoms with Crippen molar-refractivity contribution in [2.24, 2.45) is 9.50 Å². The third kappa shape index (κ3) is 3.73. The molecule has 0 atom stereocenters. The third-order valence-electron chi connectivity index (χ3n) is 3.97. The minimum absolute atomic E-state index is 0.00259. The van der Waals surface area contributed by atoms with E-state index in [0.717, 1.165) is 11.3 Å². The molecule has 9 nitrogen and oxygen atoms in total. The molecular weight excluding hydrogens is 414 g/mol. The number of benzene rings is 2. The highest BCUT2D eigenvalue weighted by atomic mass is 32.2. The third-order valence-corrected chi connectivity index (χ3v) is 6.25. The number of hydrazone groups is 1. The summed E-state index contributed by atoms with van der Waals surface area (Å²) in [6.45, 7) is 0. The van der Waals surface area contributed by atoms with Gasteiger partial charge in [-0.2, -0.15) is 13.5 Å². The van der Waals surface area contributed by atoms with Crippen molar-refractivity contribution in [2.45, 2.75) is 4.90 Å².